The summed E-state index contributed by atoms with van der Waals surface area (Å²) in [6.45, 7) is 2.39. The van der Waals surface area contributed by atoms with Crippen molar-refractivity contribution in [1.29, 1.82) is 0 Å². The first kappa shape index (κ1) is 14.0. The minimum absolute atomic E-state index is 0.167. The summed E-state index contributed by atoms with van der Waals surface area (Å²) in [5.41, 5.74) is 1.80. The SMILES string of the molecule is Fc1cc(F)cc(N2CCCNC(c3ccccc3)C2)c1. The van der Waals surface area contributed by atoms with E-state index in [1.54, 1.807) is 0 Å². The number of nitrogens with one attached hydrogen (secondary N) is 1. The molecule has 1 unspecified atom stereocenters. The van der Waals surface area contributed by atoms with Crippen molar-refractivity contribution in [3.8, 4) is 0 Å². The van der Waals surface area contributed by atoms with Gasteiger partial charge in [-0.05, 0) is 30.7 Å². The normalized spacial score (nSPS) is 19.3. The molecule has 1 N–H and O–H groups in total. The minimum Gasteiger partial charge on any atom is -0.369 e. The Morgan fingerprint density at radius 1 is 1.00 bits per heavy atom. The van der Waals surface area contributed by atoms with Crippen LogP contribution in [0.4, 0.5) is 14.5 Å². The van der Waals surface area contributed by atoms with Crippen LogP contribution in [0.5, 0.6) is 0 Å². The highest BCUT2D eigenvalue weighted by atomic mass is 19.1. The van der Waals surface area contributed by atoms with E-state index in [1.807, 2.05) is 23.1 Å². The van der Waals surface area contributed by atoms with E-state index < -0.39 is 11.6 Å². The zero-order valence-electron chi connectivity index (χ0n) is 11.7. The van der Waals surface area contributed by atoms with Crippen LogP contribution in [-0.2, 0) is 0 Å². The summed E-state index contributed by atoms with van der Waals surface area (Å²) < 4.78 is 26.8. The Hall–Kier alpha value is -1.94. The van der Waals surface area contributed by atoms with Crippen molar-refractivity contribution in [3.05, 3.63) is 65.7 Å². The number of anilines is 1. The van der Waals surface area contributed by atoms with Crippen molar-refractivity contribution in [2.75, 3.05) is 24.5 Å². The molecule has 2 aromatic rings. The highest BCUT2D eigenvalue weighted by molar-refractivity contribution is 5.47. The van der Waals surface area contributed by atoms with Gasteiger partial charge in [-0.2, -0.15) is 0 Å². The fourth-order valence-corrected chi connectivity index (χ4v) is 2.79. The minimum atomic E-state index is -0.529. The molecule has 110 valence electrons. The summed E-state index contributed by atoms with van der Waals surface area (Å²) in [6, 6.07) is 14.0. The van der Waals surface area contributed by atoms with Crippen molar-refractivity contribution in [3.63, 3.8) is 0 Å². The van der Waals surface area contributed by atoms with Gasteiger partial charge in [-0.25, -0.2) is 8.78 Å². The van der Waals surface area contributed by atoms with Gasteiger partial charge in [0, 0.05) is 30.9 Å². The van der Waals surface area contributed by atoms with Gasteiger partial charge in [0.15, 0.2) is 0 Å². The molecule has 21 heavy (non-hydrogen) atoms. The first-order chi connectivity index (χ1) is 10.2. The predicted octanol–water partition coefficient (Wildman–Crippen LogP) is 3.51. The Kier molecular flexibility index (Phi) is 4.15. The summed E-state index contributed by atoms with van der Waals surface area (Å²) in [7, 11) is 0. The smallest absolute Gasteiger partial charge is 0.128 e. The molecule has 1 aliphatic heterocycles. The molecule has 1 heterocycles. The molecule has 0 bridgehead atoms. The maximum atomic E-state index is 13.4. The second-order valence-electron chi connectivity index (χ2n) is 5.34. The van der Waals surface area contributed by atoms with Crippen LogP contribution in [0, 0.1) is 11.6 Å². The lowest BCUT2D eigenvalue weighted by molar-refractivity contribution is 0.565. The number of hydrogen-bond acceptors (Lipinski definition) is 2. The molecule has 3 rings (SSSR count). The molecule has 0 spiro atoms. The average Bonchev–Trinajstić information content (AvgIpc) is 2.73. The summed E-state index contributed by atoms with van der Waals surface area (Å²) in [4.78, 5) is 2.05. The van der Waals surface area contributed by atoms with Crippen LogP contribution in [0.25, 0.3) is 0 Å². The molecule has 1 saturated heterocycles. The van der Waals surface area contributed by atoms with Crippen LogP contribution in [0.1, 0.15) is 18.0 Å². The molecule has 0 amide bonds. The first-order valence-electron chi connectivity index (χ1n) is 7.22. The number of hydrogen-bond donors (Lipinski definition) is 1. The topological polar surface area (TPSA) is 15.3 Å². The van der Waals surface area contributed by atoms with E-state index in [0.29, 0.717) is 12.2 Å². The van der Waals surface area contributed by atoms with Gasteiger partial charge in [0.05, 0.1) is 0 Å². The summed E-state index contributed by atoms with van der Waals surface area (Å²) in [5.74, 6) is -1.06. The Labute approximate surface area is 123 Å². The fourth-order valence-electron chi connectivity index (χ4n) is 2.79. The lowest BCUT2D eigenvalue weighted by atomic mass is 10.1. The highest BCUT2D eigenvalue weighted by Gasteiger charge is 2.20. The van der Waals surface area contributed by atoms with Crippen LogP contribution in [0.15, 0.2) is 48.5 Å². The van der Waals surface area contributed by atoms with Gasteiger partial charge < -0.3 is 10.2 Å². The van der Waals surface area contributed by atoms with Crippen molar-refractivity contribution in [2.45, 2.75) is 12.5 Å². The van der Waals surface area contributed by atoms with Gasteiger partial charge in [0.25, 0.3) is 0 Å². The number of nitrogens with zero attached hydrogens (tertiary/aromatic N) is 1. The zero-order valence-corrected chi connectivity index (χ0v) is 11.7. The van der Waals surface area contributed by atoms with Gasteiger partial charge >= 0.3 is 0 Å². The average molecular weight is 288 g/mol. The predicted molar refractivity (Wildman–Crippen MR) is 80.4 cm³/mol. The standard InChI is InChI=1S/C17H18F2N2/c18-14-9-15(19)11-16(10-14)21-8-4-7-20-17(12-21)13-5-2-1-3-6-13/h1-3,5-6,9-11,17,20H,4,7-8,12H2. The third-order valence-electron chi connectivity index (χ3n) is 3.81. The first-order valence-corrected chi connectivity index (χ1v) is 7.22. The largest absolute Gasteiger partial charge is 0.369 e. The van der Waals surface area contributed by atoms with Crippen LogP contribution in [-0.4, -0.2) is 19.6 Å². The molecular weight excluding hydrogens is 270 g/mol. The Bertz CT molecular complexity index is 581. The molecule has 0 saturated carbocycles. The molecule has 0 radical (unpaired) electrons. The van der Waals surface area contributed by atoms with Crippen molar-refractivity contribution < 1.29 is 8.78 Å². The molecule has 0 aliphatic carbocycles. The van der Waals surface area contributed by atoms with E-state index >= 15 is 0 Å². The van der Waals surface area contributed by atoms with E-state index in [0.717, 1.165) is 25.6 Å². The van der Waals surface area contributed by atoms with Gasteiger partial charge in [-0.3, -0.25) is 0 Å². The van der Waals surface area contributed by atoms with Crippen LogP contribution in [0.3, 0.4) is 0 Å². The van der Waals surface area contributed by atoms with Gasteiger partial charge in [-0.15, -0.1) is 0 Å². The van der Waals surface area contributed by atoms with Crippen LogP contribution in [0.2, 0.25) is 0 Å². The third-order valence-corrected chi connectivity index (χ3v) is 3.81. The maximum absolute atomic E-state index is 13.4. The van der Waals surface area contributed by atoms with Gasteiger partial charge in [0.2, 0.25) is 0 Å². The molecule has 1 fully saturated rings. The fraction of sp³-hybridized carbons (Fsp3) is 0.294. The summed E-state index contributed by atoms with van der Waals surface area (Å²) in [6.07, 6.45) is 0.946. The van der Waals surface area contributed by atoms with Gasteiger partial charge in [0.1, 0.15) is 11.6 Å². The molecule has 2 nitrogen and oxygen atoms in total. The second kappa shape index (κ2) is 6.22. The summed E-state index contributed by atoms with van der Waals surface area (Å²) >= 11 is 0. The van der Waals surface area contributed by atoms with Crippen molar-refractivity contribution in [2.24, 2.45) is 0 Å². The maximum Gasteiger partial charge on any atom is 0.128 e. The van der Waals surface area contributed by atoms with E-state index in [2.05, 4.69) is 17.4 Å². The number of rotatable bonds is 2. The van der Waals surface area contributed by atoms with E-state index in [1.165, 1.54) is 17.7 Å². The van der Waals surface area contributed by atoms with Crippen LogP contribution < -0.4 is 10.2 Å². The van der Waals surface area contributed by atoms with E-state index in [-0.39, 0.29) is 6.04 Å². The zero-order chi connectivity index (χ0) is 14.7. The molecule has 0 aromatic heterocycles. The van der Waals surface area contributed by atoms with E-state index in [4.69, 9.17) is 0 Å². The number of benzene rings is 2. The Morgan fingerprint density at radius 3 is 2.43 bits per heavy atom. The molecular formula is C17H18F2N2. The van der Waals surface area contributed by atoms with Crippen molar-refractivity contribution >= 4 is 5.69 Å². The molecule has 2 aromatic carbocycles. The number of halogens is 2. The Balaban J connectivity index is 1.85. The van der Waals surface area contributed by atoms with Gasteiger partial charge in [-0.1, -0.05) is 30.3 Å². The second-order valence-corrected chi connectivity index (χ2v) is 5.34. The monoisotopic (exact) mass is 288 g/mol. The Morgan fingerprint density at radius 2 is 1.71 bits per heavy atom. The lowest BCUT2D eigenvalue weighted by Gasteiger charge is -2.27. The van der Waals surface area contributed by atoms with Crippen LogP contribution >= 0.6 is 0 Å². The molecule has 1 aliphatic rings. The lowest BCUT2D eigenvalue weighted by Crippen LogP contribution is -2.31. The summed E-state index contributed by atoms with van der Waals surface area (Å²) in [5, 5.41) is 3.50. The quantitative estimate of drug-likeness (QED) is 0.910. The van der Waals surface area contributed by atoms with E-state index in [9.17, 15) is 8.78 Å². The van der Waals surface area contributed by atoms with Crippen molar-refractivity contribution in [1.82, 2.24) is 5.32 Å². The molecule has 1 atom stereocenters. The third kappa shape index (κ3) is 3.39. The molecule has 4 heteroatoms. The highest BCUT2D eigenvalue weighted by Crippen LogP contribution is 2.24.